The zero-order chi connectivity index (χ0) is 22.7. The molecular formula is C19H24N7O4S2+. The van der Waals surface area contributed by atoms with Crippen molar-refractivity contribution >= 4 is 44.6 Å². The molecule has 0 saturated carbocycles. The van der Waals surface area contributed by atoms with Crippen molar-refractivity contribution in [2.75, 3.05) is 31.1 Å². The average Bonchev–Trinajstić information content (AvgIpc) is 2.97. The molecule has 170 valence electrons. The molecule has 2 aromatic heterocycles. The molecule has 0 unspecified atom stereocenters. The molecule has 0 atom stereocenters. The number of hydrogen-bond acceptors (Lipinski definition) is 8. The lowest BCUT2D eigenvalue weighted by Gasteiger charge is -2.19. The summed E-state index contributed by atoms with van der Waals surface area (Å²) < 4.78 is 28.0. The highest BCUT2D eigenvalue weighted by Crippen LogP contribution is 2.23. The number of nitrogen functional groups attached to an aromatic ring is 1. The van der Waals surface area contributed by atoms with E-state index in [1.54, 1.807) is 0 Å². The van der Waals surface area contributed by atoms with Gasteiger partial charge in [-0.05, 0) is 25.0 Å². The normalized spacial score (nSPS) is 15.6. The summed E-state index contributed by atoms with van der Waals surface area (Å²) in [5, 5.41) is 0.455. The van der Waals surface area contributed by atoms with E-state index >= 15 is 0 Å². The highest BCUT2D eigenvalue weighted by molar-refractivity contribution is 7.99. The van der Waals surface area contributed by atoms with E-state index in [0.717, 1.165) is 30.4 Å². The van der Waals surface area contributed by atoms with Gasteiger partial charge in [0.25, 0.3) is 11.2 Å². The van der Waals surface area contributed by atoms with Gasteiger partial charge in [0.05, 0.1) is 10.6 Å². The summed E-state index contributed by atoms with van der Waals surface area (Å²) in [7, 11) is -3.55. The first-order chi connectivity index (χ1) is 15.3. The Kier molecular flexibility index (Phi) is 6.58. The first kappa shape index (κ1) is 22.4. The highest BCUT2D eigenvalue weighted by Gasteiger charge is 2.26. The number of aromatic amines is 2. The fourth-order valence-corrected chi connectivity index (χ4v) is 5.83. The number of hydrogen-bond donors (Lipinski definition) is 3. The smallest absolute Gasteiger partial charge is 0.278 e. The van der Waals surface area contributed by atoms with Crippen LogP contribution in [0.4, 0.5) is 11.6 Å². The van der Waals surface area contributed by atoms with Gasteiger partial charge >= 0.3 is 0 Å². The molecule has 4 N–H and O–H groups in total. The molecule has 1 saturated heterocycles. The van der Waals surface area contributed by atoms with Crippen molar-refractivity contribution in [2.24, 2.45) is 0 Å². The minimum atomic E-state index is -3.55. The molecule has 1 aliphatic heterocycles. The van der Waals surface area contributed by atoms with Crippen LogP contribution in [0.3, 0.4) is 0 Å². The van der Waals surface area contributed by atoms with Crippen LogP contribution in [-0.2, 0) is 10.0 Å². The molecule has 0 spiro atoms. The maximum atomic E-state index is 12.9. The number of nitrogens with two attached hydrogens (primary N) is 1. The lowest BCUT2D eigenvalue weighted by molar-refractivity contribution is -0.457. The van der Waals surface area contributed by atoms with E-state index in [2.05, 4.69) is 19.9 Å². The molecule has 3 heterocycles. The van der Waals surface area contributed by atoms with Gasteiger partial charge < -0.3 is 10.7 Å². The predicted octanol–water partition coefficient (Wildman–Crippen LogP) is 2.00. The van der Waals surface area contributed by atoms with E-state index in [1.165, 1.54) is 40.3 Å². The molecule has 0 aliphatic carbocycles. The molecular weight excluding hydrogens is 454 g/mol. The van der Waals surface area contributed by atoms with E-state index in [4.69, 9.17) is 5.73 Å². The van der Waals surface area contributed by atoms with Gasteiger partial charge in [0.1, 0.15) is 0 Å². The SMILES string of the molecule is Nc1nc2nc(SCC[N+](=O)c3ccc(S(=O)(=O)N4CCCCCC4)cc3)[nH]c2c(=O)[nH]1. The molecule has 0 radical (unpaired) electrons. The fraction of sp³-hybridized carbons (Fsp3) is 0.421. The van der Waals surface area contributed by atoms with Crippen molar-refractivity contribution in [1.29, 1.82) is 0 Å². The van der Waals surface area contributed by atoms with Crippen LogP contribution in [0.5, 0.6) is 0 Å². The van der Waals surface area contributed by atoms with Crippen LogP contribution in [0.15, 0.2) is 39.1 Å². The molecule has 0 bridgehead atoms. The first-order valence-corrected chi connectivity index (χ1v) is 12.7. The van der Waals surface area contributed by atoms with E-state index < -0.39 is 15.6 Å². The summed E-state index contributed by atoms with van der Waals surface area (Å²) in [5.41, 5.74) is 5.91. The molecule has 0 amide bonds. The summed E-state index contributed by atoms with van der Waals surface area (Å²) in [6.07, 6.45) is 3.82. The third-order valence-corrected chi connectivity index (χ3v) is 7.99. The quantitative estimate of drug-likeness (QED) is 0.343. The topological polar surface area (TPSA) is 158 Å². The number of nitroso groups, excluding NO2 is 1. The first-order valence-electron chi connectivity index (χ1n) is 10.3. The number of imidazole rings is 1. The van der Waals surface area contributed by atoms with Crippen molar-refractivity contribution in [3.8, 4) is 0 Å². The van der Waals surface area contributed by atoms with E-state index in [1.807, 2.05) is 0 Å². The number of rotatable bonds is 7. The third-order valence-electron chi connectivity index (χ3n) is 5.22. The average molecular weight is 479 g/mol. The Balaban J connectivity index is 1.37. The Bertz CT molecular complexity index is 1280. The van der Waals surface area contributed by atoms with Gasteiger partial charge in [-0.15, -0.1) is 0 Å². The van der Waals surface area contributed by atoms with Crippen molar-refractivity contribution < 1.29 is 13.2 Å². The lowest BCUT2D eigenvalue weighted by Crippen LogP contribution is -2.31. The van der Waals surface area contributed by atoms with Gasteiger partial charge in [0, 0.05) is 34.9 Å². The molecule has 11 nitrogen and oxygen atoms in total. The van der Waals surface area contributed by atoms with Gasteiger partial charge in [0.2, 0.25) is 22.5 Å². The molecule has 1 aromatic carbocycles. The Morgan fingerprint density at radius 2 is 1.75 bits per heavy atom. The van der Waals surface area contributed by atoms with Crippen LogP contribution >= 0.6 is 11.8 Å². The largest absolute Gasteiger partial charge is 0.369 e. The highest BCUT2D eigenvalue weighted by atomic mass is 32.2. The van der Waals surface area contributed by atoms with E-state index in [-0.39, 0.29) is 28.6 Å². The summed E-state index contributed by atoms with van der Waals surface area (Å²) in [5.74, 6) is 0.377. The van der Waals surface area contributed by atoms with Gasteiger partial charge in [0.15, 0.2) is 16.3 Å². The van der Waals surface area contributed by atoms with Gasteiger partial charge in [-0.3, -0.25) is 9.78 Å². The van der Waals surface area contributed by atoms with E-state index in [9.17, 15) is 18.1 Å². The summed E-state index contributed by atoms with van der Waals surface area (Å²) in [4.78, 5) is 37.9. The summed E-state index contributed by atoms with van der Waals surface area (Å²) in [6.45, 7) is 1.21. The van der Waals surface area contributed by atoms with Gasteiger partial charge in [-0.25, -0.2) is 13.4 Å². The molecule has 32 heavy (non-hydrogen) atoms. The number of H-pyrrole nitrogens is 2. The number of sulfonamides is 1. The number of fused-ring (bicyclic) bond motifs is 1. The second-order valence-electron chi connectivity index (χ2n) is 7.45. The van der Waals surface area contributed by atoms with Crippen LogP contribution < -0.4 is 11.3 Å². The zero-order valence-electron chi connectivity index (χ0n) is 17.3. The monoisotopic (exact) mass is 478 g/mol. The molecule has 13 heteroatoms. The van der Waals surface area contributed by atoms with Crippen molar-refractivity contribution in [2.45, 2.75) is 35.7 Å². The predicted molar refractivity (Wildman–Crippen MR) is 121 cm³/mol. The Morgan fingerprint density at radius 3 is 2.44 bits per heavy atom. The number of nitrogens with one attached hydrogen (secondary N) is 2. The Labute approximate surface area is 188 Å². The van der Waals surface area contributed by atoms with Crippen LogP contribution in [0.1, 0.15) is 25.7 Å². The maximum Gasteiger partial charge on any atom is 0.278 e. The van der Waals surface area contributed by atoms with Crippen LogP contribution in [0.25, 0.3) is 11.2 Å². The summed E-state index contributed by atoms with van der Waals surface area (Å²) in [6, 6.07) is 6.01. The lowest BCUT2D eigenvalue weighted by atomic mass is 10.2. The van der Waals surface area contributed by atoms with Crippen molar-refractivity contribution in [3.05, 3.63) is 39.5 Å². The number of nitrogens with zero attached hydrogens (tertiary/aromatic N) is 4. The number of benzene rings is 1. The Morgan fingerprint density at radius 1 is 1.06 bits per heavy atom. The van der Waals surface area contributed by atoms with Crippen LogP contribution in [0, 0.1) is 4.91 Å². The van der Waals surface area contributed by atoms with Crippen molar-refractivity contribution in [1.82, 2.24) is 24.2 Å². The molecule has 4 rings (SSSR count). The summed E-state index contributed by atoms with van der Waals surface area (Å²) >= 11 is 1.27. The van der Waals surface area contributed by atoms with E-state index in [0.29, 0.717) is 29.7 Å². The number of anilines is 1. The van der Waals surface area contributed by atoms with Gasteiger partial charge in [-0.1, -0.05) is 24.6 Å². The maximum absolute atomic E-state index is 12.9. The van der Waals surface area contributed by atoms with Gasteiger partial charge in [-0.2, -0.15) is 9.29 Å². The fourth-order valence-electron chi connectivity index (χ4n) is 3.54. The molecule has 1 aliphatic rings. The third kappa shape index (κ3) is 4.84. The minimum Gasteiger partial charge on any atom is -0.369 e. The standard InChI is InChI=1S/C19H23N7O4S2/c20-18-22-16-15(17(27)24-18)21-19(23-16)31-12-11-26(28)13-5-7-14(8-6-13)32(29,30)25-9-3-1-2-4-10-25/h5-8H,1-4,9-12H2,(H3-,20,21,22,23,24,27)/p+1. The Hall–Kier alpha value is -2.77. The second kappa shape index (κ2) is 9.38. The minimum absolute atomic E-state index is 0.0161. The second-order valence-corrected chi connectivity index (χ2v) is 10.5. The number of aromatic nitrogens is 4. The van der Waals surface area contributed by atoms with Crippen LogP contribution in [-0.4, -0.2) is 62.8 Å². The zero-order valence-corrected chi connectivity index (χ0v) is 18.9. The molecule has 1 fully saturated rings. The number of thioether (sulfide) groups is 1. The van der Waals surface area contributed by atoms with Crippen molar-refractivity contribution in [3.63, 3.8) is 0 Å². The van der Waals surface area contributed by atoms with Crippen LogP contribution in [0.2, 0.25) is 0 Å². The molecule has 3 aromatic rings.